The Balaban J connectivity index is 1.53. The second-order valence-electron chi connectivity index (χ2n) is 6.58. The van der Waals surface area contributed by atoms with Crippen LogP contribution in [0.4, 0.5) is 5.69 Å². The van der Waals surface area contributed by atoms with E-state index in [1.165, 1.54) is 0 Å². The molecule has 0 bridgehead atoms. The standard InChI is InChI=1S/C19H21N5O/c20-18(25)17(13-4-2-1-3-5-13)14-7-10-24(11-8-14)16-6-9-21-19-15(16)12-22-23-19/h1-6,9,12,14,17H,7-8,10-11H2,(H2,20,25)(H,21,22,23). The van der Waals surface area contributed by atoms with Crippen molar-refractivity contribution in [3.05, 3.63) is 54.4 Å². The summed E-state index contributed by atoms with van der Waals surface area (Å²) in [6.07, 6.45) is 5.49. The molecule has 128 valence electrons. The van der Waals surface area contributed by atoms with E-state index in [2.05, 4.69) is 20.1 Å². The number of aromatic nitrogens is 3. The number of fused-ring (bicyclic) bond motifs is 1. The average Bonchev–Trinajstić information content (AvgIpc) is 3.12. The smallest absolute Gasteiger partial charge is 0.225 e. The molecular weight excluding hydrogens is 314 g/mol. The van der Waals surface area contributed by atoms with Crippen molar-refractivity contribution < 1.29 is 4.79 Å². The Morgan fingerprint density at radius 1 is 1.20 bits per heavy atom. The molecule has 0 radical (unpaired) electrons. The largest absolute Gasteiger partial charge is 0.371 e. The highest BCUT2D eigenvalue weighted by molar-refractivity contribution is 5.88. The van der Waals surface area contributed by atoms with Gasteiger partial charge in [-0.25, -0.2) is 4.98 Å². The van der Waals surface area contributed by atoms with Gasteiger partial charge in [-0.1, -0.05) is 30.3 Å². The van der Waals surface area contributed by atoms with E-state index < -0.39 is 0 Å². The Hall–Kier alpha value is -2.89. The molecule has 1 aliphatic rings. The summed E-state index contributed by atoms with van der Waals surface area (Å²) in [6, 6.07) is 11.9. The van der Waals surface area contributed by atoms with E-state index in [0.29, 0.717) is 0 Å². The maximum absolute atomic E-state index is 12.1. The first-order chi connectivity index (χ1) is 12.2. The van der Waals surface area contributed by atoms with Crippen LogP contribution in [0, 0.1) is 5.92 Å². The molecule has 0 saturated carbocycles. The predicted molar refractivity (Wildman–Crippen MR) is 97.2 cm³/mol. The fraction of sp³-hybridized carbons (Fsp3) is 0.316. The van der Waals surface area contributed by atoms with Crippen LogP contribution in [-0.2, 0) is 4.79 Å². The van der Waals surface area contributed by atoms with Gasteiger partial charge in [-0.05, 0) is 30.4 Å². The minimum atomic E-state index is -0.231. The first kappa shape index (κ1) is 15.6. The van der Waals surface area contributed by atoms with Gasteiger partial charge in [0, 0.05) is 19.3 Å². The second kappa shape index (κ2) is 6.55. The van der Waals surface area contributed by atoms with Crippen LogP contribution in [0.3, 0.4) is 0 Å². The number of carbonyl (C=O) groups is 1. The molecule has 0 aliphatic carbocycles. The van der Waals surface area contributed by atoms with Gasteiger partial charge in [-0.3, -0.25) is 9.89 Å². The normalized spacial score (nSPS) is 16.9. The minimum Gasteiger partial charge on any atom is -0.371 e. The molecule has 2 aromatic heterocycles. The fourth-order valence-electron chi connectivity index (χ4n) is 3.92. The Labute approximate surface area is 146 Å². The highest BCUT2D eigenvalue weighted by atomic mass is 16.1. The lowest BCUT2D eigenvalue weighted by Gasteiger charge is -2.36. The molecule has 1 saturated heterocycles. The molecule has 6 heteroatoms. The molecule has 3 N–H and O–H groups in total. The van der Waals surface area contributed by atoms with Crippen molar-refractivity contribution in [3.63, 3.8) is 0 Å². The number of piperidine rings is 1. The van der Waals surface area contributed by atoms with Gasteiger partial charge in [-0.2, -0.15) is 5.10 Å². The molecule has 4 rings (SSSR count). The Bertz CT molecular complexity index is 868. The maximum Gasteiger partial charge on any atom is 0.225 e. The van der Waals surface area contributed by atoms with Crippen LogP contribution in [0.1, 0.15) is 24.3 Å². The Morgan fingerprint density at radius 3 is 2.68 bits per heavy atom. The predicted octanol–water partition coefficient (Wildman–Crippen LogP) is 2.44. The average molecular weight is 335 g/mol. The van der Waals surface area contributed by atoms with Crippen molar-refractivity contribution in [3.8, 4) is 0 Å². The number of nitrogens with two attached hydrogens (primary N) is 1. The fourth-order valence-corrected chi connectivity index (χ4v) is 3.92. The van der Waals surface area contributed by atoms with Gasteiger partial charge in [0.05, 0.1) is 23.2 Å². The highest BCUT2D eigenvalue weighted by Crippen LogP contribution is 2.35. The number of aromatic amines is 1. The molecule has 6 nitrogen and oxygen atoms in total. The van der Waals surface area contributed by atoms with Crippen LogP contribution in [0.25, 0.3) is 11.0 Å². The van der Waals surface area contributed by atoms with Gasteiger partial charge in [0.25, 0.3) is 0 Å². The molecule has 1 aliphatic heterocycles. The number of rotatable bonds is 4. The summed E-state index contributed by atoms with van der Waals surface area (Å²) in [5, 5.41) is 8.04. The summed E-state index contributed by atoms with van der Waals surface area (Å²) in [5.74, 6) is -0.168. The minimum absolute atomic E-state index is 0.213. The molecule has 0 spiro atoms. The number of pyridine rings is 1. The van der Waals surface area contributed by atoms with Gasteiger partial charge in [-0.15, -0.1) is 0 Å². The van der Waals surface area contributed by atoms with Crippen LogP contribution >= 0.6 is 0 Å². The Morgan fingerprint density at radius 2 is 1.96 bits per heavy atom. The number of anilines is 1. The van der Waals surface area contributed by atoms with E-state index >= 15 is 0 Å². The monoisotopic (exact) mass is 335 g/mol. The molecule has 1 aromatic carbocycles. The molecule has 3 heterocycles. The summed E-state index contributed by atoms with van der Waals surface area (Å²) < 4.78 is 0. The van der Waals surface area contributed by atoms with Crippen LogP contribution in [0.5, 0.6) is 0 Å². The van der Waals surface area contributed by atoms with Crippen molar-refractivity contribution in [2.24, 2.45) is 11.7 Å². The number of nitrogens with zero attached hydrogens (tertiary/aromatic N) is 3. The molecule has 3 aromatic rings. The van der Waals surface area contributed by atoms with Crippen LogP contribution in [0.15, 0.2) is 48.8 Å². The molecule has 1 unspecified atom stereocenters. The van der Waals surface area contributed by atoms with Crippen molar-refractivity contribution in [1.82, 2.24) is 15.2 Å². The van der Waals surface area contributed by atoms with E-state index in [0.717, 1.165) is 48.2 Å². The Kier molecular flexibility index (Phi) is 4.09. The van der Waals surface area contributed by atoms with Gasteiger partial charge in [0.2, 0.25) is 5.91 Å². The van der Waals surface area contributed by atoms with E-state index in [1.54, 1.807) is 6.20 Å². The van der Waals surface area contributed by atoms with E-state index in [4.69, 9.17) is 5.73 Å². The molecule has 1 amide bonds. The van der Waals surface area contributed by atoms with Crippen molar-refractivity contribution in [2.45, 2.75) is 18.8 Å². The number of carbonyl (C=O) groups excluding carboxylic acids is 1. The number of benzene rings is 1. The topological polar surface area (TPSA) is 87.9 Å². The summed E-state index contributed by atoms with van der Waals surface area (Å²) in [7, 11) is 0. The molecule has 1 fully saturated rings. The van der Waals surface area contributed by atoms with Crippen LogP contribution in [-0.4, -0.2) is 34.2 Å². The third kappa shape index (κ3) is 2.95. The van der Waals surface area contributed by atoms with E-state index in [9.17, 15) is 4.79 Å². The SMILES string of the molecule is NC(=O)C(c1ccccc1)C1CCN(c2ccnc3[nH]ncc23)CC1. The molecule has 1 atom stereocenters. The summed E-state index contributed by atoms with van der Waals surface area (Å²) in [4.78, 5) is 18.7. The van der Waals surface area contributed by atoms with Gasteiger partial charge < -0.3 is 10.6 Å². The number of amides is 1. The molecular formula is C19H21N5O. The van der Waals surface area contributed by atoms with Gasteiger partial charge in [0.15, 0.2) is 5.65 Å². The maximum atomic E-state index is 12.1. The number of primary amides is 1. The lowest BCUT2D eigenvalue weighted by atomic mass is 9.79. The lowest BCUT2D eigenvalue weighted by molar-refractivity contribution is -0.120. The highest BCUT2D eigenvalue weighted by Gasteiger charge is 2.31. The van der Waals surface area contributed by atoms with Crippen molar-refractivity contribution >= 4 is 22.6 Å². The lowest BCUT2D eigenvalue weighted by Crippen LogP contribution is -2.39. The third-order valence-corrected chi connectivity index (χ3v) is 5.15. The number of hydrogen-bond acceptors (Lipinski definition) is 4. The van der Waals surface area contributed by atoms with Gasteiger partial charge >= 0.3 is 0 Å². The van der Waals surface area contributed by atoms with Crippen molar-refractivity contribution in [1.29, 1.82) is 0 Å². The number of nitrogens with one attached hydrogen (secondary N) is 1. The van der Waals surface area contributed by atoms with E-state index in [1.807, 2.05) is 42.6 Å². The number of hydrogen-bond donors (Lipinski definition) is 2. The zero-order valence-corrected chi connectivity index (χ0v) is 13.9. The van der Waals surface area contributed by atoms with Crippen LogP contribution in [0.2, 0.25) is 0 Å². The van der Waals surface area contributed by atoms with E-state index in [-0.39, 0.29) is 17.7 Å². The van der Waals surface area contributed by atoms with Gasteiger partial charge in [0.1, 0.15) is 0 Å². The summed E-state index contributed by atoms with van der Waals surface area (Å²) in [5.41, 5.74) is 8.71. The first-order valence-corrected chi connectivity index (χ1v) is 8.61. The van der Waals surface area contributed by atoms with Crippen LogP contribution < -0.4 is 10.6 Å². The second-order valence-corrected chi connectivity index (χ2v) is 6.58. The zero-order valence-electron chi connectivity index (χ0n) is 13.9. The zero-order chi connectivity index (χ0) is 17.2. The molecule has 25 heavy (non-hydrogen) atoms. The van der Waals surface area contributed by atoms with Crippen molar-refractivity contribution in [2.75, 3.05) is 18.0 Å². The first-order valence-electron chi connectivity index (χ1n) is 8.61. The number of H-pyrrole nitrogens is 1. The summed E-state index contributed by atoms with van der Waals surface area (Å²) >= 11 is 0. The third-order valence-electron chi connectivity index (χ3n) is 5.15. The quantitative estimate of drug-likeness (QED) is 0.766. The summed E-state index contributed by atoms with van der Waals surface area (Å²) in [6.45, 7) is 1.79.